The van der Waals surface area contributed by atoms with Gasteiger partial charge in [-0.25, -0.2) is 4.98 Å². The number of hydrogen-bond donors (Lipinski definition) is 4. The largest absolute Gasteiger partial charge is 0.507 e. The second-order valence-corrected chi connectivity index (χ2v) is 16.6. The number of aliphatic hydroxyl groups is 1. The van der Waals surface area contributed by atoms with E-state index in [0.29, 0.717) is 29.4 Å². The molecule has 0 bridgehead atoms. The molecule has 6 aromatic rings. The van der Waals surface area contributed by atoms with Crippen molar-refractivity contribution in [2.24, 2.45) is 5.92 Å². The van der Waals surface area contributed by atoms with Gasteiger partial charge in [-0.2, -0.15) is 0 Å². The SMILES string of the molecule is Cc1ncsc1-c1ccc([C@H](C)NC(=O)[C@@H]2C[C@@H](O)CN2C(=O)[C@@H](c2cc(CCCN3CC(c4cc5cc(-c6ccccc6O)nnc5[nH]4)C3)no2)C(C)C)cc1. The van der Waals surface area contributed by atoms with Crippen molar-refractivity contribution in [2.75, 3.05) is 26.2 Å². The van der Waals surface area contributed by atoms with Crippen molar-refractivity contribution >= 4 is 34.2 Å². The molecule has 2 aliphatic rings. The molecule has 8 rings (SSSR count). The van der Waals surface area contributed by atoms with Crippen LogP contribution in [0, 0.1) is 12.8 Å². The monoisotopic (exact) mass is 788 g/mol. The molecule has 2 fully saturated rings. The molecule has 0 radical (unpaired) electrons. The molecule has 0 unspecified atom stereocenters. The summed E-state index contributed by atoms with van der Waals surface area (Å²) in [5.74, 6) is -0.273. The number of likely N-dealkylation sites (tertiary alicyclic amines) is 2. The number of thiazole rings is 1. The van der Waals surface area contributed by atoms with Crippen molar-refractivity contribution in [2.45, 2.75) is 77.0 Å². The van der Waals surface area contributed by atoms with E-state index in [2.05, 4.69) is 41.6 Å². The van der Waals surface area contributed by atoms with Crippen LogP contribution in [0.2, 0.25) is 0 Å². The van der Waals surface area contributed by atoms with Gasteiger partial charge in [-0.3, -0.25) is 9.59 Å². The molecule has 6 heterocycles. The third kappa shape index (κ3) is 8.07. The molecule has 14 heteroatoms. The fourth-order valence-electron chi connectivity index (χ4n) is 8.14. The molecule has 0 spiro atoms. The molecular formula is C43H48N8O5S. The predicted octanol–water partition coefficient (Wildman–Crippen LogP) is 6.36. The third-order valence-corrected chi connectivity index (χ3v) is 12.3. The number of H-pyrrole nitrogens is 1. The number of fused-ring (bicyclic) bond motifs is 1. The van der Waals surface area contributed by atoms with Crippen LogP contribution in [0.1, 0.15) is 79.9 Å². The summed E-state index contributed by atoms with van der Waals surface area (Å²) in [6.07, 6.45) is 0.964. The zero-order chi connectivity index (χ0) is 39.8. The van der Waals surface area contributed by atoms with Crippen molar-refractivity contribution in [3.63, 3.8) is 0 Å². The van der Waals surface area contributed by atoms with Crippen LogP contribution in [0.4, 0.5) is 0 Å². The molecular weight excluding hydrogens is 741 g/mol. The van der Waals surface area contributed by atoms with Crippen LogP contribution in [0.5, 0.6) is 5.75 Å². The summed E-state index contributed by atoms with van der Waals surface area (Å²) in [6, 6.07) is 20.1. The van der Waals surface area contributed by atoms with Crippen molar-refractivity contribution in [1.29, 1.82) is 0 Å². The minimum absolute atomic E-state index is 0.0838. The Morgan fingerprint density at radius 1 is 1.04 bits per heavy atom. The van der Waals surface area contributed by atoms with Gasteiger partial charge < -0.3 is 34.8 Å². The van der Waals surface area contributed by atoms with Crippen LogP contribution in [0.3, 0.4) is 0 Å². The first-order valence-corrected chi connectivity index (χ1v) is 20.5. The van der Waals surface area contributed by atoms with Gasteiger partial charge in [0, 0.05) is 54.7 Å². The maximum Gasteiger partial charge on any atom is 0.243 e. The van der Waals surface area contributed by atoms with E-state index in [1.807, 2.05) is 81.7 Å². The highest BCUT2D eigenvalue weighted by molar-refractivity contribution is 7.13. The Morgan fingerprint density at radius 3 is 2.56 bits per heavy atom. The van der Waals surface area contributed by atoms with Gasteiger partial charge in [-0.1, -0.05) is 55.4 Å². The summed E-state index contributed by atoms with van der Waals surface area (Å²) >= 11 is 1.60. The standard InChI is InChI=1S/C43H48N8O5S/c1-24(2)39(43(55)51-22-32(52)19-36(51)42(54)45-25(3)27-11-13-28(14-12-27)40-26(4)44-23-57-40)38-18-31(49-56-38)8-7-15-50-20-30(21-50)34-16-29-17-35(47-48-41(29)46-34)33-9-5-6-10-37(33)53/h5-6,9-14,16-18,23-25,30,32,36,39,52-53H,7-8,15,19-22H2,1-4H3,(H,45,54)(H,46,48)/t25-,32+,36-,39+/m0/s1. The number of aromatic amines is 1. The molecule has 57 heavy (non-hydrogen) atoms. The first-order valence-electron chi connectivity index (χ1n) is 19.6. The predicted molar refractivity (Wildman–Crippen MR) is 218 cm³/mol. The van der Waals surface area contributed by atoms with Crippen LogP contribution in [0.15, 0.2) is 76.8 Å². The topological polar surface area (TPSA) is 174 Å². The molecule has 2 saturated heterocycles. The van der Waals surface area contributed by atoms with Gasteiger partial charge in [-0.05, 0) is 74.5 Å². The number of benzene rings is 2. The van der Waals surface area contributed by atoms with Crippen LogP contribution in [0.25, 0.3) is 32.7 Å². The molecule has 4 N–H and O–H groups in total. The van der Waals surface area contributed by atoms with Crippen molar-refractivity contribution in [3.05, 3.63) is 101 Å². The number of β-amino-alcohol motifs (C(OH)–C–C–N with tert-alkyl or cyclic N) is 1. The molecule has 0 aliphatic carbocycles. The first-order chi connectivity index (χ1) is 27.5. The zero-order valence-electron chi connectivity index (χ0n) is 32.6. The van der Waals surface area contributed by atoms with E-state index in [1.165, 1.54) is 4.90 Å². The van der Waals surface area contributed by atoms with Crippen LogP contribution in [-0.2, 0) is 16.0 Å². The Balaban J connectivity index is 0.838. The number of aryl methyl sites for hydroxylation is 2. The third-order valence-electron chi connectivity index (χ3n) is 11.3. The van der Waals surface area contributed by atoms with Gasteiger partial charge in [-0.15, -0.1) is 21.5 Å². The van der Waals surface area contributed by atoms with Crippen LogP contribution in [-0.4, -0.2) is 95.5 Å². The molecule has 0 saturated carbocycles. The van der Waals surface area contributed by atoms with E-state index in [4.69, 9.17) is 4.52 Å². The number of aromatic hydroxyl groups is 1. The fourth-order valence-corrected chi connectivity index (χ4v) is 8.95. The second kappa shape index (κ2) is 16.2. The summed E-state index contributed by atoms with van der Waals surface area (Å²) in [4.78, 5) is 40.6. The summed E-state index contributed by atoms with van der Waals surface area (Å²) in [6.45, 7) is 10.7. The van der Waals surface area contributed by atoms with Gasteiger partial charge in [0.25, 0.3) is 0 Å². The molecule has 2 aliphatic heterocycles. The summed E-state index contributed by atoms with van der Waals surface area (Å²) in [7, 11) is 0. The lowest BCUT2D eigenvalue weighted by atomic mass is 9.91. The van der Waals surface area contributed by atoms with Gasteiger partial charge in [0.05, 0.1) is 39.6 Å². The molecule has 4 atom stereocenters. The quantitative estimate of drug-likeness (QED) is 0.103. The molecule has 2 amide bonds. The summed E-state index contributed by atoms with van der Waals surface area (Å²) in [5.41, 5.74) is 8.78. The minimum atomic E-state index is -0.797. The smallest absolute Gasteiger partial charge is 0.243 e. The lowest BCUT2D eigenvalue weighted by Crippen LogP contribution is -2.48. The van der Waals surface area contributed by atoms with Crippen molar-refractivity contribution < 1.29 is 24.3 Å². The van der Waals surface area contributed by atoms with E-state index >= 15 is 0 Å². The highest BCUT2D eigenvalue weighted by Crippen LogP contribution is 2.34. The van der Waals surface area contributed by atoms with E-state index in [1.54, 1.807) is 23.5 Å². The average molecular weight is 789 g/mol. The maximum absolute atomic E-state index is 14.2. The maximum atomic E-state index is 14.2. The highest BCUT2D eigenvalue weighted by atomic mass is 32.1. The number of carbonyl (C=O) groups excluding carboxylic acids is 2. The van der Waals surface area contributed by atoms with E-state index in [0.717, 1.165) is 70.2 Å². The number of amides is 2. The fraction of sp³-hybridized carbons (Fsp3) is 0.395. The van der Waals surface area contributed by atoms with Gasteiger partial charge in [0.15, 0.2) is 5.65 Å². The van der Waals surface area contributed by atoms with Gasteiger partial charge in [0.2, 0.25) is 11.8 Å². The summed E-state index contributed by atoms with van der Waals surface area (Å²) in [5, 5.41) is 38.0. The number of phenolic OH excluding ortho intramolecular Hbond substituents is 1. The van der Waals surface area contributed by atoms with Crippen molar-refractivity contribution in [3.8, 4) is 27.4 Å². The molecule has 4 aromatic heterocycles. The first kappa shape index (κ1) is 38.4. The van der Waals surface area contributed by atoms with E-state index in [9.17, 15) is 19.8 Å². The number of carbonyl (C=O) groups is 2. The number of phenols is 1. The lowest BCUT2D eigenvalue weighted by Gasteiger charge is -2.38. The number of nitrogens with zero attached hydrogens (tertiary/aromatic N) is 6. The van der Waals surface area contributed by atoms with Crippen LogP contribution >= 0.6 is 11.3 Å². The number of aliphatic hydroxyl groups excluding tert-OH is 1. The number of nitrogens with one attached hydrogen (secondary N) is 2. The second-order valence-electron chi connectivity index (χ2n) is 15.8. The lowest BCUT2D eigenvalue weighted by molar-refractivity contribution is -0.141. The molecule has 13 nitrogen and oxygen atoms in total. The normalized spacial score (nSPS) is 18.6. The molecule has 2 aromatic carbocycles. The number of hydrogen-bond acceptors (Lipinski definition) is 11. The minimum Gasteiger partial charge on any atom is -0.507 e. The molecule has 296 valence electrons. The van der Waals surface area contributed by atoms with Crippen LogP contribution < -0.4 is 5.32 Å². The van der Waals surface area contributed by atoms with E-state index in [-0.39, 0.29) is 42.5 Å². The summed E-state index contributed by atoms with van der Waals surface area (Å²) < 4.78 is 5.80. The number of rotatable bonds is 13. The Labute approximate surface area is 335 Å². The zero-order valence-corrected chi connectivity index (χ0v) is 33.4. The van der Waals surface area contributed by atoms with Gasteiger partial charge in [0.1, 0.15) is 23.5 Å². The van der Waals surface area contributed by atoms with Gasteiger partial charge >= 0.3 is 0 Å². The Kier molecular flexibility index (Phi) is 10.9. The highest BCUT2D eigenvalue weighted by Gasteiger charge is 2.43. The van der Waals surface area contributed by atoms with E-state index < -0.39 is 18.1 Å². The number of para-hydroxylation sites is 1. The Morgan fingerprint density at radius 2 is 1.82 bits per heavy atom. The van der Waals surface area contributed by atoms with Crippen molar-refractivity contribution in [1.82, 2.24) is 40.4 Å². The average Bonchev–Trinajstić information content (AvgIpc) is 3.99. The number of aromatic nitrogens is 5. The Hall–Kier alpha value is -5.44. The Bertz CT molecular complexity index is 2360.